The maximum Gasteiger partial charge on any atom is 0.261 e. The average molecular weight is 305 g/mol. The quantitative estimate of drug-likeness (QED) is 0.692. The van der Waals surface area contributed by atoms with Crippen LogP contribution >= 0.6 is 11.8 Å². The molecule has 1 unspecified atom stereocenters. The van der Waals surface area contributed by atoms with Crippen LogP contribution in [0.3, 0.4) is 0 Å². The molecule has 2 aromatic rings. The van der Waals surface area contributed by atoms with Crippen LogP contribution in [0.15, 0.2) is 34.2 Å². The third kappa shape index (κ3) is 3.44. The minimum Gasteiger partial charge on any atom is -0.353 e. The van der Waals surface area contributed by atoms with Crippen LogP contribution in [0.25, 0.3) is 10.9 Å². The minimum atomic E-state index is -0.313. The van der Waals surface area contributed by atoms with E-state index in [1.165, 1.54) is 16.3 Å². The molecule has 2 rings (SSSR count). The van der Waals surface area contributed by atoms with Gasteiger partial charge in [-0.1, -0.05) is 23.9 Å². The van der Waals surface area contributed by atoms with Gasteiger partial charge in [0.1, 0.15) is 0 Å². The van der Waals surface area contributed by atoms with Crippen molar-refractivity contribution in [2.24, 2.45) is 7.05 Å². The van der Waals surface area contributed by atoms with Gasteiger partial charge in [-0.25, -0.2) is 4.98 Å². The van der Waals surface area contributed by atoms with Crippen LogP contribution in [-0.4, -0.2) is 26.8 Å². The SMILES string of the molecule is CC(C)NC(=O)C(C)Sc1nc2ccccc2c(=O)n1C. The van der Waals surface area contributed by atoms with Gasteiger partial charge in [0, 0.05) is 13.1 Å². The lowest BCUT2D eigenvalue weighted by Crippen LogP contribution is -2.36. The van der Waals surface area contributed by atoms with E-state index in [0.29, 0.717) is 16.1 Å². The second-order valence-electron chi connectivity index (χ2n) is 5.20. The first-order valence-corrected chi connectivity index (χ1v) is 7.71. The molecule has 21 heavy (non-hydrogen) atoms. The van der Waals surface area contributed by atoms with Crippen molar-refractivity contribution in [3.05, 3.63) is 34.6 Å². The van der Waals surface area contributed by atoms with Gasteiger partial charge >= 0.3 is 0 Å². The molecular formula is C15H19N3O2S. The molecule has 0 fully saturated rings. The molecule has 0 aliphatic rings. The van der Waals surface area contributed by atoms with Gasteiger partial charge in [0.2, 0.25) is 5.91 Å². The van der Waals surface area contributed by atoms with Crippen molar-refractivity contribution >= 4 is 28.6 Å². The zero-order chi connectivity index (χ0) is 15.6. The Morgan fingerprint density at radius 3 is 2.62 bits per heavy atom. The van der Waals surface area contributed by atoms with Crippen molar-refractivity contribution in [3.8, 4) is 0 Å². The highest BCUT2D eigenvalue weighted by molar-refractivity contribution is 8.00. The molecule has 0 aliphatic heterocycles. The predicted molar refractivity (Wildman–Crippen MR) is 85.6 cm³/mol. The maximum absolute atomic E-state index is 12.3. The Bertz CT molecular complexity index is 724. The van der Waals surface area contributed by atoms with Gasteiger partial charge in [-0.3, -0.25) is 14.2 Å². The number of carbonyl (C=O) groups excluding carboxylic acids is 1. The summed E-state index contributed by atoms with van der Waals surface area (Å²) in [5.41, 5.74) is 0.555. The summed E-state index contributed by atoms with van der Waals surface area (Å²) in [6.07, 6.45) is 0. The molecular weight excluding hydrogens is 286 g/mol. The minimum absolute atomic E-state index is 0.0580. The van der Waals surface area contributed by atoms with Gasteiger partial charge in [-0.15, -0.1) is 0 Å². The third-order valence-electron chi connectivity index (χ3n) is 3.02. The number of para-hydroxylation sites is 1. The second kappa shape index (κ2) is 6.30. The molecule has 0 saturated heterocycles. The van der Waals surface area contributed by atoms with Crippen molar-refractivity contribution < 1.29 is 4.79 Å². The standard InChI is InChI=1S/C15H19N3O2S/c1-9(2)16-13(19)10(3)21-15-17-12-8-6-5-7-11(12)14(20)18(15)4/h5-10H,1-4H3,(H,16,19). The van der Waals surface area contributed by atoms with Gasteiger partial charge in [-0.05, 0) is 32.9 Å². The van der Waals surface area contributed by atoms with Crippen LogP contribution in [0.4, 0.5) is 0 Å². The lowest BCUT2D eigenvalue weighted by molar-refractivity contribution is -0.120. The van der Waals surface area contributed by atoms with Crippen LogP contribution < -0.4 is 10.9 Å². The highest BCUT2D eigenvalue weighted by Gasteiger charge is 2.18. The van der Waals surface area contributed by atoms with E-state index in [-0.39, 0.29) is 22.8 Å². The molecule has 0 saturated carbocycles. The van der Waals surface area contributed by atoms with E-state index in [4.69, 9.17) is 0 Å². The van der Waals surface area contributed by atoms with Gasteiger partial charge in [0.05, 0.1) is 16.2 Å². The lowest BCUT2D eigenvalue weighted by Gasteiger charge is -2.15. The first-order valence-electron chi connectivity index (χ1n) is 6.83. The summed E-state index contributed by atoms with van der Waals surface area (Å²) in [5.74, 6) is -0.0580. The van der Waals surface area contributed by atoms with E-state index in [1.807, 2.05) is 32.9 Å². The topological polar surface area (TPSA) is 64.0 Å². The molecule has 1 N–H and O–H groups in total. The summed E-state index contributed by atoms with van der Waals surface area (Å²) in [6, 6.07) is 7.32. The molecule has 1 amide bonds. The molecule has 0 bridgehead atoms. The first-order chi connectivity index (χ1) is 9.90. The van der Waals surface area contributed by atoms with Gasteiger partial charge in [0.15, 0.2) is 5.16 Å². The average Bonchev–Trinajstić information content (AvgIpc) is 2.43. The van der Waals surface area contributed by atoms with Crippen LogP contribution in [0.1, 0.15) is 20.8 Å². The molecule has 6 heteroatoms. The molecule has 0 spiro atoms. The summed E-state index contributed by atoms with van der Waals surface area (Å²) < 4.78 is 1.49. The fourth-order valence-electron chi connectivity index (χ4n) is 1.92. The number of carbonyl (C=O) groups is 1. The smallest absolute Gasteiger partial charge is 0.261 e. The Morgan fingerprint density at radius 2 is 1.95 bits per heavy atom. The van der Waals surface area contributed by atoms with Crippen molar-refractivity contribution in [3.63, 3.8) is 0 Å². The fourth-order valence-corrected chi connectivity index (χ4v) is 2.80. The van der Waals surface area contributed by atoms with E-state index < -0.39 is 0 Å². The Balaban J connectivity index is 2.32. The molecule has 1 heterocycles. The van der Waals surface area contributed by atoms with Gasteiger partial charge in [0.25, 0.3) is 5.56 Å². The first kappa shape index (κ1) is 15.6. The summed E-state index contributed by atoms with van der Waals surface area (Å²) >= 11 is 1.29. The van der Waals surface area contributed by atoms with Crippen molar-refractivity contribution in [1.82, 2.24) is 14.9 Å². The van der Waals surface area contributed by atoms with E-state index in [0.717, 1.165) is 0 Å². The largest absolute Gasteiger partial charge is 0.353 e. The number of nitrogens with one attached hydrogen (secondary N) is 1. The summed E-state index contributed by atoms with van der Waals surface area (Å²) in [5, 5.41) is 3.68. The van der Waals surface area contributed by atoms with Crippen LogP contribution in [0.2, 0.25) is 0 Å². The Kier molecular flexibility index (Phi) is 4.67. The zero-order valence-corrected chi connectivity index (χ0v) is 13.4. The Morgan fingerprint density at radius 1 is 1.29 bits per heavy atom. The summed E-state index contributed by atoms with van der Waals surface area (Å²) in [7, 11) is 1.68. The highest BCUT2D eigenvalue weighted by Crippen LogP contribution is 2.21. The number of amides is 1. The van der Waals surface area contributed by atoms with E-state index in [1.54, 1.807) is 19.2 Å². The molecule has 0 radical (unpaired) electrons. The molecule has 1 aromatic heterocycles. The maximum atomic E-state index is 12.3. The van der Waals surface area contributed by atoms with Gasteiger partial charge < -0.3 is 5.32 Å². The second-order valence-corrected chi connectivity index (χ2v) is 6.51. The normalized spacial score (nSPS) is 12.6. The number of thioether (sulfide) groups is 1. The monoisotopic (exact) mass is 305 g/mol. The van der Waals surface area contributed by atoms with Crippen molar-refractivity contribution in [2.45, 2.75) is 37.2 Å². The lowest BCUT2D eigenvalue weighted by atomic mass is 10.2. The number of nitrogens with zero attached hydrogens (tertiary/aromatic N) is 2. The van der Waals surface area contributed by atoms with E-state index in [2.05, 4.69) is 10.3 Å². The van der Waals surface area contributed by atoms with E-state index in [9.17, 15) is 9.59 Å². The molecule has 1 aromatic carbocycles. The Hall–Kier alpha value is -1.82. The summed E-state index contributed by atoms with van der Waals surface area (Å²) in [6.45, 7) is 5.64. The summed E-state index contributed by atoms with van der Waals surface area (Å²) in [4.78, 5) is 28.7. The van der Waals surface area contributed by atoms with Gasteiger partial charge in [-0.2, -0.15) is 0 Å². The number of rotatable bonds is 4. The molecule has 0 aliphatic carbocycles. The number of fused-ring (bicyclic) bond motifs is 1. The molecule has 1 atom stereocenters. The fraction of sp³-hybridized carbons (Fsp3) is 0.400. The highest BCUT2D eigenvalue weighted by atomic mass is 32.2. The number of hydrogen-bond donors (Lipinski definition) is 1. The molecule has 5 nitrogen and oxygen atoms in total. The Labute approximate surface area is 127 Å². The predicted octanol–water partition coefficient (Wildman–Crippen LogP) is 1.94. The number of aromatic nitrogens is 2. The molecule has 112 valence electrons. The number of hydrogen-bond acceptors (Lipinski definition) is 4. The van der Waals surface area contributed by atoms with Crippen LogP contribution in [0, 0.1) is 0 Å². The third-order valence-corrected chi connectivity index (χ3v) is 4.17. The van der Waals surface area contributed by atoms with E-state index >= 15 is 0 Å². The van der Waals surface area contributed by atoms with Crippen molar-refractivity contribution in [2.75, 3.05) is 0 Å². The zero-order valence-electron chi connectivity index (χ0n) is 12.6. The van der Waals surface area contributed by atoms with Crippen LogP contribution in [0.5, 0.6) is 0 Å². The van der Waals surface area contributed by atoms with Crippen LogP contribution in [-0.2, 0) is 11.8 Å². The van der Waals surface area contributed by atoms with Crippen molar-refractivity contribution in [1.29, 1.82) is 0 Å². The number of benzene rings is 1.